The van der Waals surface area contributed by atoms with Gasteiger partial charge in [-0.1, -0.05) is 12.8 Å². The largest absolute Gasteiger partial charge is 0.352 e. The summed E-state index contributed by atoms with van der Waals surface area (Å²) in [5.41, 5.74) is 2.50. The van der Waals surface area contributed by atoms with E-state index in [4.69, 9.17) is 0 Å². The third-order valence-corrected chi connectivity index (χ3v) is 5.84. The van der Waals surface area contributed by atoms with Gasteiger partial charge in [0, 0.05) is 17.1 Å². The summed E-state index contributed by atoms with van der Waals surface area (Å²) in [4.78, 5) is 34.8. The highest BCUT2D eigenvalue weighted by atomic mass is 32.1. The van der Waals surface area contributed by atoms with Crippen molar-refractivity contribution in [1.82, 2.24) is 19.9 Å². The van der Waals surface area contributed by atoms with Gasteiger partial charge in [-0.3, -0.25) is 14.2 Å². The smallest absolute Gasteiger partial charge is 0.271 e. The summed E-state index contributed by atoms with van der Waals surface area (Å²) in [6, 6.07) is 2.25. The molecule has 1 amide bonds. The van der Waals surface area contributed by atoms with Crippen LogP contribution in [0.15, 0.2) is 17.2 Å². The first-order chi connectivity index (χ1) is 12.0. The Morgan fingerprint density at radius 1 is 1.36 bits per heavy atom. The van der Waals surface area contributed by atoms with Gasteiger partial charge in [0.2, 0.25) is 5.91 Å². The van der Waals surface area contributed by atoms with Crippen LogP contribution >= 0.6 is 11.3 Å². The molecule has 130 valence electrons. The second-order valence-corrected chi connectivity index (χ2v) is 7.77. The minimum Gasteiger partial charge on any atom is -0.352 e. The fourth-order valence-corrected chi connectivity index (χ4v) is 4.81. The highest BCUT2D eigenvalue weighted by Gasteiger charge is 2.19. The van der Waals surface area contributed by atoms with Crippen molar-refractivity contribution in [2.75, 3.05) is 0 Å². The lowest BCUT2D eigenvalue weighted by Gasteiger charge is -2.12. The number of nitrogens with one attached hydrogen (secondary N) is 1. The molecule has 1 saturated carbocycles. The average Bonchev–Trinajstić information content (AvgIpc) is 3.17. The van der Waals surface area contributed by atoms with Crippen LogP contribution in [-0.2, 0) is 11.3 Å². The van der Waals surface area contributed by atoms with Crippen LogP contribution in [0.4, 0.5) is 0 Å². The fourth-order valence-electron chi connectivity index (χ4n) is 3.61. The maximum Gasteiger partial charge on any atom is 0.271 e. The number of amides is 1. The summed E-state index contributed by atoms with van der Waals surface area (Å²) in [6.45, 7) is 3.96. The molecule has 1 aliphatic carbocycles. The molecule has 1 N–H and O–H groups in total. The number of thiophene rings is 1. The molecule has 25 heavy (non-hydrogen) atoms. The highest BCUT2D eigenvalue weighted by molar-refractivity contribution is 7.25. The Kier molecular flexibility index (Phi) is 4.03. The van der Waals surface area contributed by atoms with Gasteiger partial charge >= 0.3 is 0 Å². The van der Waals surface area contributed by atoms with Crippen molar-refractivity contribution in [2.24, 2.45) is 0 Å². The second-order valence-electron chi connectivity index (χ2n) is 6.77. The van der Waals surface area contributed by atoms with Crippen LogP contribution in [0.25, 0.3) is 20.4 Å². The van der Waals surface area contributed by atoms with E-state index in [0.717, 1.165) is 47.2 Å². The number of fused-ring (bicyclic) bond motifs is 3. The average molecular weight is 356 g/mol. The molecule has 1 aliphatic rings. The molecule has 6 nitrogen and oxygen atoms in total. The van der Waals surface area contributed by atoms with Crippen LogP contribution in [-0.4, -0.2) is 26.5 Å². The van der Waals surface area contributed by atoms with E-state index in [0.29, 0.717) is 10.2 Å². The molecule has 4 rings (SSSR count). The van der Waals surface area contributed by atoms with Gasteiger partial charge in [0.15, 0.2) is 0 Å². The molecular weight excluding hydrogens is 336 g/mol. The molecule has 0 atom stereocenters. The Morgan fingerprint density at radius 3 is 2.88 bits per heavy atom. The topological polar surface area (TPSA) is 76.9 Å². The summed E-state index contributed by atoms with van der Waals surface area (Å²) in [7, 11) is 0. The lowest BCUT2D eigenvalue weighted by atomic mass is 10.1. The highest BCUT2D eigenvalue weighted by Crippen LogP contribution is 2.31. The Bertz CT molecular complexity index is 1030. The third-order valence-electron chi connectivity index (χ3n) is 4.78. The molecule has 0 aromatic carbocycles. The number of carbonyl (C=O) groups is 1. The van der Waals surface area contributed by atoms with E-state index in [1.54, 1.807) is 0 Å². The van der Waals surface area contributed by atoms with Gasteiger partial charge in [-0.2, -0.15) is 0 Å². The molecule has 3 heterocycles. The Balaban J connectivity index is 1.70. The van der Waals surface area contributed by atoms with Crippen molar-refractivity contribution in [2.45, 2.75) is 52.1 Å². The van der Waals surface area contributed by atoms with Gasteiger partial charge in [0.25, 0.3) is 5.56 Å². The molecule has 0 aliphatic heterocycles. The molecule has 0 bridgehead atoms. The number of hydrogen-bond donors (Lipinski definition) is 1. The van der Waals surface area contributed by atoms with E-state index < -0.39 is 0 Å². The van der Waals surface area contributed by atoms with Crippen LogP contribution in [0.5, 0.6) is 0 Å². The van der Waals surface area contributed by atoms with E-state index >= 15 is 0 Å². The lowest BCUT2D eigenvalue weighted by molar-refractivity contribution is -0.122. The normalized spacial score (nSPS) is 15.3. The quantitative estimate of drug-likeness (QED) is 0.783. The van der Waals surface area contributed by atoms with Crippen LogP contribution in [0.3, 0.4) is 0 Å². The van der Waals surface area contributed by atoms with Gasteiger partial charge in [-0.05, 0) is 38.3 Å². The number of pyridine rings is 1. The summed E-state index contributed by atoms with van der Waals surface area (Å²) in [5, 5.41) is 3.95. The summed E-state index contributed by atoms with van der Waals surface area (Å²) >= 11 is 1.35. The van der Waals surface area contributed by atoms with E-state index in [1.165, 1.54) is 22.2 Å². The number of aryl methyl sites for hydroxylation is 2. The zero-order valence-corrected chi connectivity index (χ0v) is 15.2. The number of hydrogen-bond acceptors (Lipinski definition) is 5. The van der Waals surface area contributed by atoms with Crippen LogP contribution in [0.2, 0.25) is 0 Å². The first-order valence-electron chi connectivity index (χ1n) is 8.58. The molecule has 3 aromatic rings. The SMILES string of the molecule is Cc1cc(C)c2c(n1)sc1c(=O)n(CC(=O)NC3CCCC3)cnc12. The monoisotopic (exact) mass is 356 g/mol. The van der Waals surface area contributed by atoms with Gasteiger partial charge in [0.1, 0.15) is 16.1 Å². The zero-order chi connectivity index (χ0) is 17.6. The lowest BCUT2D eigenvalue weighted by Crippen LogP contribution is -2.37. The molecule has 0 unspecified atom stereocenters. The van der Waals surface area contributed by atoms with Gasteiger partial charge in [-0.25, -0.2) is 9.97 Å². The van der Waals surface area contributed by atoms with Crippen LogP contribution in [0.1, 0.15) is 36.9 Å². The van der Waals surface area contributed by atoms with Crippen LogP contribution < -0.4 is 10.9 Å². The van der Waals surface area contributed by atoms with Crippen molar-refractivity contribution in [3.05, 3.63) is 34.0 Å². The minimum atomic E-state index is -0.174. The second kappa shape index (κ2) is 6.22. The standard InChI is InChI=1S/C18H20N4O2S/c1-10-7-11(2)20-17-14(10)15-16(25-17)18(24)22(9-19-15)8-13(23)21-12-5-3-4-6-12/h7,9,12H,3-6,8H2,1-2H3,(H,21,23). The van der Waals surface area contributed by atoms with Gasteiger partial charge in [-0.15, -0.1) is 11.3 Å². The first kappa shape index (κ1) is 16.2. The third kappa shape index (κ3) is 2.93. The van der Waals surface area contributed by atoms with Crippen molar-refractivity contribution in [1.29, 1.82) is 0 Å². The number of rotatable bonds is 3. The van der Waals surface area contributed by atoms with E-state index in [2.05, 4.69) is 15.3 Å². The number of carbonyl (C=O) groups excluding carboxylic acids is 1. The predicted molar refractivity (Wildman–Crippen MR) is 99.1 cm³/mol. The summed E-state index contributed by atoms with van der Waals surface area (Å²) < 4.78 is 1.96. The maximum absolute atomic E-state index is 12.8. The van der Waals surface area contributed by atoms with Crippen molar-refractivity contribution < 1.29 is 4.79 Å². The number of aromatic nitrogens is 3. The molecule has 0 radical (unpaired) electrons. The Labute approximate surface area is 148 Å². The van der Waals surface area contributed by atoms with E-state index in [1.807, 2.05) is 19.9 Å². The fraction of sp³-hybridized carbons (Fsp3) is 0.444. The van der Waals surface area contributed by atoms with E-state index in [9.17, 15) is 9.59 Å². The zero-order valence-electron chi connectivity index (χ0n) is 14.3. The summed E-state index contributed by atoms with van der Waals surface area (Å²) in [6.07, 6.45) is 5.85. The molecule has 0 saturated heterocycles. The van der Waals surface area contributed by atoms with Crippen molar-refractivity contribution >= 4 is 37.7 Å². The molecule has 1 fully saturated rings. The van der Waals surface area contributed by atoms with Gasteiger partial charge in [0.05, 0.1) is 11.8 Å². The molecular formula is C18H20N4O2S. The molecule has 3 aromatic heterocycles. The van der Waals surface area contributed by atoms with Crippen molar-refractivity contribution in [3.63, 3.8) is 0 Å². The van der Waals surface area contributed by atoms with Crippen LogP contribution in [0, 0.1) is 13.8 Å². The predicted octanol–water partition coefficient (Wildman–Crippen LogP) is 2.68. The minimum absolute atomic E-state index is 0.0119. The molecule has 7 heteroatoms. The van der Waals surface area contributed by atoms with Gasteiger partial charge < -0.3 is 5.32 Å². The Hall–Kier alpha value is -2.28. The summed E-state index contributed by atoms with van der Waals surface area (Å²) in [5.74, 6) is -0.124. The molecule has 0 spiro atoms. The maximum atomic E-state index is 12.8. The first-order valence-corrected chi connectivity index (χ1v) is 9.40. The van der Waals surface area contributed by atoms with Crippen molar-refractivity contribution in [3.8, 4) is 0 Å². The Morgan fingerprint density at radius 2 is 2.12 bits per heavy atom. The number of nitrogens with zero attached hydrogens (tertiary/aromatic N) is 3. The van der Waals surface area contributed by atoms with E-state index in [-0.39, 0.29) is 24.1 Å².